The third-order valence-corrected chi connectivity index (χ3v) is 7.41. The number of aromatic nitrogens is 1. The molecule has 33 heavy (non-hydrogen) atoms. The largest absolute Gasteiger partial charge is 0.496 e. The topological polar surface area (TPSA) is 146 Å². The van der Waals surface area contributed by atoms with Gasteiger partial charge in [0.2, 0.25) is 6.79 Å². The number of fused-ring (bicyclic) bond motifs is 1. The molecule has 0 spiro atoms. The summed E-state index contributed by atoms with van der Waals surface area (Å²) >= 11 is 6.85. The quantitative estimate of drug-likeness (QED) is 0.434. The fourth-order valence-corrected chi connectivity index (χ4v) is 5.43. The Kier molecular flexibility index (Phi) is 6.19. The Labute approximate surface area is 196 Å². The van der Waals surface area contributed by atoms with E-state index in [-0.39, 0.29) is 38.8 Å². The Morgan fingerprint density at radius 2 is 2.00 bits per heavy atom. The predicted octanol–water partition coefficient (Wildman–Crippen LogP) is 2.85. The van der Waals surface area contributed by atoms with E-state index in [2.05, 4.69) is 15.2 Å². The number of rotatable bonds is 8. The average Bonchev–Trinajstić information content (AvgIpc) is 3.53. The van der Waals surface area contributed by atoms with Crippen LogP contribution in [0.15, 0.2) is 33.0 Å². The number of thiophene rings is 1. The SMILES string of the molecule is COc1cc2c(cc1C(=O)CNC(=O)c1sccc1S(=O)(=O)Nc1onc(C)c1Cl)OCO2. The lowest BCUT2D eigenvalue weighted by Crippen LogP contribution is -2.30. The van der Waals surface area contributed by atoms with E-state index in [1.165, 1.54) is 30.7 Å². The van der Waals surface area contributed by atoms with E-state index in [0.29, 0.717) is 17.2 Å². The van der Waals surface area contributed by atoms with Gasteiger partial charge in [-0.15, -0.1) is 11.3 Å². The maximum absolute atomic E-state index is 12.8. The molecule has 4 rings (SSSR count). The number of carbonyl (C=O) groups excluding carboxylic acids is 2. The van der Waals surface area contributed by atoms with Crippen LogP contribution in [0.5, 0.6) is 17.2 Å². The van der Waals surface area contributed by atoms with E-state index in [4.69, 9.17) is 30.3 Å². The summed E-state index contributed by atoms with van der Waals surface area (Å²) in [5.41, 5.74) is 0.480. The Morgan fingerprint density at radius 3 is 2.67 bits per heavy atom. The molecule has 0 unspecified atom stereocenters. The van der Waals surface area contributed by atoms with Gasteiger partial charge in [0.15, 0.2) is 17.3 Å². The molecule has 1 aliphatic rings. The van der Waals surface area contributed by atoms with Crippen LogP contribution in [0, 0.1) is 6.92 Å². The maximum atomic E-state index is 12.8. The standard InChI is InChI=1S/C19H16ClN3O8S2/c1-9-16(20)19(31-22-9)23-33(26,27)15-3-4-32-17(15)18(25)21-7-11(24)10-5-13-14(30-8-29-13)6-12(10)28-2/h3-6,23H,7-8H2,1-2H3,(H,21,25). The normalized spacial score (nSPS) is 12.5. The van der Waals surface area contributed by atoms with Gasteiger partial charge < -0.3 is 24.1 Å². The van der Waals surface area contributed by atoms with Crippen molar-refractivity contribution in [2.75, 3.05) is 25.2 Å². The van der Waals surface area contributed by atoms with Crippen LogP contribution in [0.3, 0.4) is 0 Å². The molecule has 0 bridgehead atoms. The predicted molar refractivity (Wildman–Crippen MR) is 117 cm³/mol. The highest BCUT2D eigenvalue weighted by Crippen LogP contribution is 2.38. The van der Waals surface area contributed by atoms with Crippen molar-refractivity contribution >= 4 is 50.5 Å². The monoisotopic (exact) mass is 513 g/mol. The number of benzene rings is 1. The van der Waals surface area contributed by atoms with E-state index in [0.717, 1.165) is 11.3 Å². The molecule has 0 saturated carbocycles. The lowest BCUT2D eigenvalue weighted by atomic mass is 10.1. The number of Topliss-reactive ketones (excluding diaryl/α,β-unsaturated/α-hetero) is 1. The van der Waals surface area contributed by atoms with Crippen molar-refractivity contribution in [1.29, 1.82) is 0 Å². The molecule has 0 fully saturated rings. The van der Waals surface area contributed by atoms with Crippen LogP contribution >= 0.6 is 22.9 Å². The second-order valence-corrected chi connectivity index (χ2v) is 9.59. The van der Waals surface area contributed by atoms with Gasteiger partial charge in [-0.3, -0.25) is 9.59 Å². The highest BCUT2D eigenvalue weighted by Gasteiger charge is 2.28. The van der Waals surface area contributed by atoms with Gasteiger partial charge in [-0.2, -0.15) is 0 Å². The second-order valence-electron chi connectivity index (χ2n) is 6.64. The zero-order chi connectivity index (χ0) is 23.8. The average molecular weight is 514 g/mol. The fraction of sp³-hybridized carbons (Fsp3) is 0.211. The Bertz CT molecular complexity index is 1350. The van der Waals surface area contributed by atoms with Crippen LogP contribution < -0.4 is 24.2 Å². The molecule has 2 aromatic heterocycles. The summed E-state index contributed by atoms with van der Waals surface area (Å²) in [6, 6.07) is 4.23. The first-order valence-corrected chi connectivity index (χ1v) is 12.0. The number of amides is 1. The number of ketones is 1. The summed E-state index contributed by atoms with van der Waals surface area (Å²) < 4.78 is 48.3. The third-order valence-electron chi connectivity index (χ3n) is 4.55. The van der Waals surface area contributed by atoms with Crippen LogP contribution in [-0.4, -0.2) is 45.7 Å². The zero-order valence-electron chi connectivity index (χ0n) is 17.1. The summed E-state index contributed by atoms with van der Waals surface area (Å²) in [5.74, 6) is -0.419. The van der Waals surface area contributed by atoms with Gasteiger partial charge in [0.1, 0.15) is 26.2 Å². The Balaban J connectivity index is 1.49. The molecule has 0 saturated heterocycles. The van der Waals surface area contributed by atoms with Gasteiger partial charge >= 0.3 is 0 Å². The molecule has 11 nitrogen and oxygen atoms in total. The molecule has 14 heteroatoms. The van der Waals surface area contributed by atoms with Gasteiger partial charge in [0, 0.05) is 6.07 Å². The molecule has 2 N–H and O–H groups in total. The molecular formula is C19H16ClN3O8S2. The summed E-state index contributed by atoms with van der Waals surface area (Å²) in [6.45, 7) is 1.15. The lowest BCUT2D eigenvalue weighted by molar-refractivity contribution is 0.0903. The number of nitrogens with zero attached hydrogens (tertiary/aromatic N) is 1. The zero-order valence-corrected chi connectivity index (χ0v) is 19.5. The molecule has 1 aromatic carbocycles. The van der Waals surface area contributed by atoms with Gasteiger partial charge in [-0.1, -0.05) is 16.8 Å². The number of nitrogens with one attached hydrogen (secondary N) is 2. The summed E-state index contributed by atoms with van der Waals surface area (Å²) in [5, 5.41) is 7.44. The first kappa shape index (κ1) is 22.9. The van der Waals surface area contributed by atoms with Gasteiger partial charge in [-0.25, -0.2) is 13.1 Å². The van der Waals surface area contributed by atoms with Crippen LogP contribution in [0.2, 0.25) is 5.02 Å². The van der Waals surface area contributed by atoms with E-state index < -0.39 is 28.3 Å². The van der Waals surface area contributed by atoms with Crippen LogP contribution in [0.1, 0.15) is 25.7 Å². The molecule has 0 atom stereocenters. The van der Waals surface area contributed by atoms with Crippen molar-refractivity contribution in [2.24, 2.45) is 0 Å². The van der Waals surface area contributed by atoms with E-state index >= 15 is 0 Å². The smallest absolute Gasteiger partial charge is 0.265 e. The van der Waals surface area contributed by atoms with Crippen LogP contribution in [0.4, 0.5) is 5.88 Å². The molecule has 3 aromatic rings. The molecule has 0 radical (unpaired) electrons. The molecular weight excluding hydrogens is 498 g/mol. The third kappa shape index (κ3) is 4.47. The number of anilines is 1. The minimum atomic E-state index is -4.22. The minimum Gasteiger partial charge on any atom is -0.496 e. The fourth-order valence-electron chi connectivity index (χ4n) is 2.92. The molecule has 0 aliphatic carbocycles. The van der Waals surface area contributed by atoms with Crippen molar-refractivity contribution in [1.82, 2.24) is 10.5 Å². The number of carbonyl (C=O) groups is 2. The summed E-state index contributed by atoms with van der Waals surface area (Å²) in [7, 11) is -2.82. The molecule has 1 amide bonds. The van der Waals surface area contributed by atoms with Crippen molar-refractivity contribution in [3.8, 4) is 17.2 Å². The number of sulfonamides is 1. The number of aryl methyl sites for hydroxylation is 1. The van der Waals surface area contributed by atoms with Crippen molar-refractivity contribution in [3.05, 3.63) is 44.7 Å². The Hall–Kier alpha value is -3.29. The maximum Gasteiger partial charge on any atom is 0.265 e. The van der Waals surface area contributed by atoms with E-state index in [1.54, 1.807) is 6.92 Å². The number of hydrogen-bond donors (Lipinski definition) is 2. The Morgan fingerprint density at radius 1 is 1.27 bits per heavy atom. The van der Waals surface area contributed by atoms with Crippen molar-refractivity contribution in [3.63, 3.8) is 0 Å². The van der Waals surface area contributed by atoms with Crippen molar-refractivity contribution in [2.45, 2.75) is 11.8 Å². The number of methoxy groups -OCH3 is 1. The minimum absolute atomic E-state index is 0.00285. The van der Waals surface area contributed by atoms with Crippen LogP contribution in [0.25, 0.3) is 0 Å². The van der Waals surface area contributed by atoms with Gasteiger partial charge in [0.25, 0.3) is 21.8 Å². The highest BCUT2D eigenvalue weighted by atomic mass is 35.5. The lowest BCUT2D eigenvalue weighted by Gasteiger charge is -2.10. The summed E-state index contributed by atoms with van der Waals surface area (Å²) in [4.78, 5) is 25.0. The summed E-state index contributed by atoms with van der Waals surface area (Å²) in [6.07, 6.45) is 0. The van der Waals surface area contributed by atoms with Gasteiger partial charge in [0.05, 0.1) is 19.2 Å². The molecule has 174 valence electrons. The number of hydrogen-bond acceptors (Lipinski definition) is 10. The van der Waals surface area contributed by atoms with Gasteiger partial charge in [-0.05, 0) is 24.4 Å². The first-order valence-electron chi connectivity index (χ1n) is 9.22. The van der Waals surface area contributed by atoms with Crippen LogP contribution in [-0.2, 0) is 10.0 Å². The van der Waals surface area contributed by atoms with E-state index in [9.17, 15) is 18.0 Å². The van der Waals surface area contributed by atoms with Crippen molar-refractivity contribution < 1.29 is 36.7 Å². The van der Waals surface area contributed by atoms with E-state index in [1.807, 2.05) is 0 Å². The number of ether oxygens (including phenoxy) is 3. The molecule has 3 heterocycles. The number of halogens is 1. The highest BCUT2D eigenvalue weighted by molar-refractivity contribution is 7.93. The second kappa shape index (κ2) is 8.92. The first-order chi connectivity index (χ1) is 15.7. The molecule has 1 aliphatic heterocycles.